The zero-order valence-electron chi connectivity index (χ0n) is 19.2. The van der Waals surface area contributed by atoms with Crippen LogP contribution in [0.15, 0.2) is 41.3 Å². The second-order valence-corrected chi connectivity index (χ2v) is 11.1. The fourth-order valence-corrected chi connectivity index (χ4v) is 5.38. The Morgan fingerprint density at radius 3 is 2.32 bits per heavy atom. The minimum Gasteiger partial charge on any atom is -0.482 e. The van der Waals surface area contributed by atoms with E-state index in [-0.39, 0.29) is 29.9 Å². The largest absolute Gasteiger partial charge is 0.482 e. The quantitative estimate of drug-likeness (QED) is 0.141. The number of nitrogens with zero attached hydrogens (tertiary/aromatic N) is 1. The van der Waals surface area contributed by atoms with Crippen LogP contribution in [0.25, 0.3) is 6.08 Å². The number of halogens is 4. The van der Waals surface area contributed by atoms with Gasteiger partial charge in [-0.25, -0.2) is 0 Å². The molecule has 0 unspecified atom stereocenters. The SMILES string of the molecule is O=C(CCCCCN1C(=O)/C(=C/c2ccc(Cl)cc2Cl)SC1=S)NNC(=O)COc1ccc(Cl)cc1Cl. The van der Waals surface area contributed by atoms with Gasteiger partial charge >= 0.3 is 0 Å². The molecule has 0 aliphatic carbocycles. The van der Waals surface area contributed by atoms with Gasteiger partial charge in [0.1, 0.15) is 10.1 Å². The Kier molecular flexibility index (Phi) is 11.4. The number of hydrogen-bond acceptors (Lipinski definition) is 6. The van der Waals surface area contributed by atoms with Crippen LogP contribution < -0.4 is 15.6 Å². The summed E-state index contributed by atoms with van der Waals surface area (Å²) in [5, 5.41) is 1.69. The number of unbranched alkanes of at least 4 members (excludes halogenated alkanes) is 2. The van der Waals surface area contributed by atoms with Gasteiger partial charge in [-0.05, 0) is 54.8 Å². The molecule has 0 spiro atoms. The van der Waals surface area contributed by atoms with Crippen LogP contribution in [0.2, 0.25) is 20.1 Å². The Morgan fingerprint density at radius 2 is 1.62 bits per heavy atom. The molecular formula is C24H21Cl4N3O4S2. The highest BCUT2D eigenvalue weighted by molar-refractivity contribution is 8.26. The zero-order chi connectivity index (χ0) is 26.9. The summed E-state index contributed by atoms with van der Waals surface area (Å²) in [5.74, 6) is -0.755. The number of amides is 3. The number of thioether (sulfide) groups is 1. The summed E-state index contributed by atoms with van der Waals surface area (Å²) in [6.07, 6.45) is 3.84. The number of rotatable bonds is 10. The van der Waals surface area contributed by atoms with Crippen LogP contribution in [0, 0.1) is 0 Å². The van der Waals surface area contributed by atoms with Crippen molar-refractivity contribution in [2.24, 2.45) is 0 Å². The summed E-state index contributed by atoms with van der Waals surface area (Å²) in [6.45, 7) is 0.114. The molecule has 13 heteroatoms. The van der Waals surface area contributed by atoms with Crippen molar-refractivity contribution in [2.45, 2.75) is 25.7 Å². The average molecular weight is 621 g/mol. The van der Waals surface area contributed by atoms with Crippen LogP contribution in [0.4, 0.5) is 0 Å². The minimum atomic E-state index is -0.540. The molecule has 1 aliphatic rings. The highest BCUT2D eigenvalue weighted by atomic mass is 35.5. The molecule has 7 nitrogen and oxygen atoms in total. The third kappa shape index (κ3) is 9.05. The predicted octanol–water partition coefficient (Wildman–Crippen LogP) is 6.29. The molecule has 1 saturated heterocycles. The first-order valence-electron chi connectivity index (χ1n) is 11.0. The number of thiocarbonyl (C=S) groups is 1. The van der Waals surface area contributed by atoms with Gasteiger partial charge in [0.25, 0.3) is 11.8 Å². The zero-order valence-corrected chi connectivity index (χ0v) is 23.8. The van der Waals surface area contributed by atoms with Crippen molar-refractivity contribution in [1.29, 1.82) is 0 Å². The highest BCUT2D eigenvalue weighted by Crippen LogP contribution is 2.34. The first-order chi connectivity index (χ1) is 17.6. The van der Waals surface area contributed by atoms with Crippen molar-refractivity contribution >= 4 is 98.5 Å². The minimum absolute atomic E-state index is 0.177. The number of hydrazine groups is 1. The maximum absolute atomic E-state index is 12.7. The van der Waals surface area contributed by atoms with Gasteiger partial charge in [-0.15, -0.1) is 0 Å². The number of nitrogens with one attached hydrogen (secondary N) is 2. The molecule has 1 heterocycles. The number of carbonyl (C=O) groups excluding carboxylic acids is 3. The Morgan fingerprint density at radius 1 is 0.946 bits per heavy atom. The lowest BCUT2D eigenvalue weighted by molar-refractivity contribution is -0.130. The third-order valence-corrected chi connectivity index (χ3v) is 7.47. The topological polar surface area (TPSA) is 87.7 Å². The second kappa shape index (κ2) is 14.2. The molecule has 3 amide bonds. The summed E-state index contributed by atoms with van der Waals surface area (Å²) in [5.41, 5.74) is 5.31. The van der Waals surface area contributed by atoms with E-state index in [1.54, 1.807) is 41.3 Å². The van der Waals surface area contributed by atoms with Crippen molar-refractivity contribution in [1.82, 2.24) is 15.8 Å². The molecule has 37 heavy (non-hydrogen) atoms. The molecule has 2 N–H and O–H groups in total. The van der Waals surface area contributed by atoms with E-state index >= 15 is 0 Å². The van der Waals surface area contributed by atoms with Crippen LogP contribution in [0.5, 0.6) is 5.75 Å². The standard InChI is InChI=1S/C24H21Cl4N3O4S2/c25-15-6-5-14(17(27)11-15)10-20-23(34)31(24(36)37-20)9-3-1-2-4-21(32)29-30-22(33)13-35-19-8-7-16(26)12-18(19)28/h5-8,10-12H,1-4,9,13H2,(H,29,32)(H,30,33)/b20-10-. The number of benzene rings is 2. The second-order valence-electron chi connectivity index (χ2n) is 7.77. The van der Waals surface area contributed by atoms with E-state index in [1.165, 1.54) is 17.8 Å². The lowest BCUT2D eigenvalue weighted by Crippen LogP contribution is -2.43. The van der Waals surface area contributed by atoms with Crippen LogP contribution >= 0.6 is 70.4 Å². The highest BCUT2D eigenvalue weighted by Gasteiger charge is 2.31. The summed E-state index contributed by atoms with van der Waals surface area (Å²) >= 11 is 30.5. The molecule has 1 aliphatic heterocycles. The number of hydrogen-bond donors (Lipinski definition) is 2. The first kappa shape index (κ1) is 29.5. The van der Waals surface area contributed by atoms with Crippen molar-refractivity contribution in [3.8, 4) is 5.75 Å². The van der Waals surface area contributed by atoms with Gasteiger partial charge in [-0.1, -0.05) is 82.9 Å². The molecule has 2 aromatic carbocycles. The monoisotopic (exact) mass is 619 g/mol. The van der Waals surface area contributed by atoms with E-state index in [0.717, 1.165) is 0 Å². The molecule has 3 rings (SSSR count). The fourth-order valence-electron chi connectivity index (χ4n) is 3.16. The molecule has 2 aromatic rings. The van der Waals surface area contributed by atoms with Crippen molar-refractivity contribution in [3.63, 3.8) is 0 Å². The van der Waals surface area contributed by atoms with Crippen LogP contribution in [-0.2, 0) is 14.4 Å². The summed E-state index contributed by atoms with van der Waals surface area (Å²) in [4.78, 5) is 38.6. The molecule has 0 saturated carbocycles. The fraction of sp³-hybridized carbons (Fsp3) is 0.250. The maximum Gasteiger partial charge on any atom is 0.276 e. The summed E-state index contributed by atoms with van der Waals surface area (Å²) in [7, 11) is 0. The normalized spacial score (nSPS) is 14.3. The van der Waals surface area contributed by atoms with Crippen molar-refractivity contribution in [3.05, 3.63) is 67.0 Å². The van der Waals surface area contributed by atoms with Gasteiger partial charge in [-0.2, -0.15) is 0 Å². The Hall–Kier alpha value is -2.01. The van der Waals surface area contributed by atoms with Gasteiger partial charge in [-0.3, -0.25) is 30.1 Å². The van der Waals surface area contributed by atoms with E-state index in [0.29, 0.717) is 61.4 Å². The van der Waals surface area contributed by atoms with E-state index in [9.17, 15) is 14.4 Å². The molecule has 0 atom stereocenters. The van der Waals surface area contributed by atoms with Crippen LogP contribution in [0.1, 0.15) is 31.2 Å². The van der Waals surface area contributed by atoms with Gasteiger partial charge in [0.05, 0.1) is 9.93 Å². The Balaban J connectivity index is 1.33. The molecule has 0 radical (unpaired) electrons. The lowest BCUT2D eigenvalue weighted by atomic mass is 10.2. The third-order valence-electron chi connectivity index (χ3n) is 5.00. The lowest BCUT2D eigenvalue weighted by Gasteiger charge is -2.14. The summed E-state index contributed by atoms with van der Waals surface area (Å²) < 4.78 is 5.78. The van der Waals surface area contributed by atoms with Gasteiger partial charge < -0.3 is 4.74 Å². The molecular weight excluding hydrogens is 600 g/mol. The van der Waals surface area contributed by atoms with Crippen molar-refractivity contribution < 1.29 is 19.1 Å². The van der Waals surface area contributed by atoms with Gasteiger partial charge in [0, 0.05) is 28.0 Å². The van der Waals surface area contributed by atoms with E-state index in [2.05, 4.69) is 10.9 Å². The summed E-state index contributed by atoms with van der Waals surface area (Å²) in [6, 6.07) is 9.69. The van der Waals surface area contributed by atoms with Gasteiger partial charge in [0.2, 0.25) is 5.91 Å². The average Bonchev–Trinajstić information content (AvgIpc) is 3.11. The van der Waals surface area contributed by atoms with Crippen LogP contribution in [-0.4, -0.2) is 40.1 Å². The van der Waals surface area contributed by atoms with E-state index in [1.807, 2.05) is 0 Å². The molecule has 0 bridgehead atoms. The maximum atomic E-state index is 12.7. The first-order valence-corrected chi connectivity index (χ1v) is 13.7. The van der Waals surface area contributed by atoms with Crippen molar-refractivity contribution in [2.75, 3.05) is 13.2 Å². The van der Waals surface area contributed by atoms with Crippen LogP contribution in [0.3, 0.4) is 0 Å². The number of carbonyl (C=O) groups is 3. The molecule has 196 valence electrons. The van der Waals surface area contributed by atoms with E-state index < -0.39 is 5.91 Å². The Bertz CT molecular complexity index is 1240. The smallest absolute Gasteiger partial charge is 0.276 e. The molecule has 0 aromatic heterocycles. The molecule has 1 fully saturated rings. The number of ether oxygens (including phenoxy) is 1. The Labute approximate surface area is 243 Å². The van der Waals surface area contributed by atoms with Gasteiger partial charge in [0.15, 0.2) is 6.61 Å². The predicted molar refractivity (Wildman–Crippen MR) is 153 cm³/mol. The van der Waals surface area contributed by atoms with E-state index in [4.69, 9.17) is 63.4 Å².